The molecule has 24 heavy (non-hydrogen) atoms. The number of fused-ring (bicyclic) bond motifs is 1. The lowest BCUT2D eigenvalue weighted by Crippen LogP contribution is -2.09. The van der Waals surface area contributed by atoms with Crippen molar-refractivity contribution in [3.05, 3.63) is 63.8 Å². The first kappa shape index (κ1) is 16.1. The molecule has 0 saturated heterocycles. The molecule has 3 rings (SSSR count). The van der Waals surface area contributed by atoms with Crippen LogP contribution in [0.4, 0.5) is 4.39 Å². The summed E-state index contributed by atoms with van der Waals surface area (Å²) >= 11 is 0. The fraction of sp³-hybridized carbons (Fsp3) is 0.211. The second kappa shape index (κ2) is 6.35. The molecule has 0 fully saturated rings. The van der Waals surface area contributed by atoms with E-state index in [9.17, 15) is 9.18 Å². The molecule has 1 heterocycles. The van der Waals surface area contributed by atoms with Gasteiger partial charge in [0.2, 0.25) is 11.2 Å². The molecule has 1 aromatic heterocycles. The summed E-state index contributed by atoms with van der Waals surface area (Å²) in [6.07, 6.45) is 0.484. The molecule has 0 aliphatic carbocycles. The minimum absolute atomic E-state index is 0.126. The van der Waals surface area contributed by atoms with E-state index >= 15 is 0 Å². The van der Waals surface area contributed by atoms with Crippen LogP contribution in [-0.2, 0) is 6.42 Å². The fourth-order valence-corrected chi connectivity index (χ4v) is 2.54. The first-order chi connectivity index (χ1) is 11.5. The number of aryl methyl sites for hydroxylation is 2. The van der Waals surface area contributed by atoms with Gasteiger partial charge in [0.25, 0.3) is 0 Å². The highest BCUT2D eigenvalue weighted by Crippen LogP contribution is 2.30. The molecule has 3 aromatic rings. The predicted octanol–water partition coefficient (Wildman–Crippen LogP) is 4.60. The number of rotatable bonds is 4. The van der Waals surface area contributed by atoms with Gasteiger partial charge in [0, 0.05) is 12.5 Å². The topological polar surface area (TPSA) is 48.7 Å². The summed E-state index contributed by atoms with van der Waals surface area (Å²) in [7, 11) is 1.57. The molecule has 0 saturated carbocycles. The lowest BCUT2D eigenvalue weighted by Gasteiger charge is -2.12. The van der Waals surface area contributed by atoms with Crippen LogP contribution in [-0.4, -0.2) is 7.11 Å². The van der Waals surface area contributed by atoms with E-state index in [2.05, 4.69) is 0 Å². The summed E-state index contributed by atoms with van der Waals surface area (Å²) in [4.78, 5) is 12.8. The van der Waals surface area contributed by atoms with Crippen molar-refractivity contribution >= 4 is 11.0 Å². The Kier molecular flexibility index (Phi) is 4.25. The molecule has 4 nitrogen and oxygen atoms in total. The smallest absolute Gasteiger partial charge is 0.235 e. The van der Waals surface area contributed by atoms with Crippen LogP contribution in [0.1, 0.15) is 18.2 Å². The van der Waals surface area contributed by atoms with Gasteiger partial charge in [-0.2, -0.15) is 0 Å². The predicted molar refractivity (Wildman–Crippen MR) is 89.6 cm³/mol. The molecule has 5 heteroatoms. The maximum absolute atomic E-state index is 13.0. The Morgan fingerprint density at radius 1 is 1.17 bits per heavy atom. The van der Waals surface area contributed by atoms with Crippen LogP contribution < -0.4 is 14.9 Å². The van der Waals surface area contributed by atoms with Crippen molar-refractivity contribution in [3.63, 3.8) is 0 Å². The van der Waals surface area contributed by atoms with Gasteiger partial charge in [-0.15, -0.1) is 0 Å². The fourth-order valence-electron chi connectivity index (χ4n) is 2.54. The Morgan fingerprint density at radius 3 is 2.50 bits per heavy atom. The van der Waals surface area contributed by atoms with Crippen LogP contribution in [0.5, 0.6) is 17.2 Å². The number of methoxy groups -OCH3 is 1. The summed E-state index contributed by atoms with van der Waals surface area (Å²) in [5, 5.41) is 0.419. The van der Waals surface area contributed by atoms with Crippen LogP contribution in [0.3, 0.4) is 0 Å². The van der Waals surface area contributed by atoms with Crippen molar-refractivity contribution < 1.29 is 18.3 Å². The van der Waals surface area contributed by atoms with Gasteiger partial charge in [0.15, 0.2) is 5.76 Å². The van der Waals surface area contributed by atoms with Crippen LogP contribution in [0, 0.1) is 12.7 Å². The summed E-state index contributed by atoms with van der Waals surface area (Å²) in [5.74, 6) is 1.22. The minimum atomic E-state index is -0.369. The summed E-state index contributed by atoms with van der Waals surface area (Å²) in [6, 6.07) is 8.91. The Hall–Kier alpha value is -2.82. The molecule has 0 radical (unpaired) electrons. The van der Waals surface area contributed by atoms with Gasteiger partial charge in [-0.05, 0) is 42.8 Å². The van der Waals surface area contributed by atoms with Gasteiger partial charge < -0.3 is 13.9 Å². The molecule has 0 aliphatic heterocycles. The van der Waals surface area contributed by atoms with E-state index < -0.39 is 0 Å². The maximum Gasteiger partial charge on any atom is 0.235 e. The molecule has 0 unspecified atom stereocenters. The lowest BCUT2D eigenvalue weighted by atomic mass is 10.1. The van der Waals surface area contributed by atoms with Crippen molar-refractivity contribution in [1.82, 2.24) is 0 Å². The molecule has 0 aliphatic rings. The molecule has 0 amide bonds. The van der Waals surface area contributed by atoms with E-state index in [4.69, 9.17) is 13.9 Å². The first-order valence-corrected chi connectivity index (χ1v) is 7.61. The Balaban J connectivity index is 2.17. The standard InChI is InChI=1S/C19H17FO4/c1-4-15-19(23-13-7-5-12(20)6-8-13)18(21)14-9-11(2)16(22-3)10-17(14)24-15/h5-10H,4H2,1-3H3. The van der Waals surface area contributed by atoms with Crippen molar-refractivity contribution in [2.24, 2.45) is 0 Å². The number of hydrogen-bond acceptors (Lipinski definition) is 4. The molecule has 0 spiro atoms. The van der Waals surface area contributed by atoms with E-state index in [1.807, 2.05) is 13.8 Å². The quantitative estimate of drug-likeness (QED) is 0.702. The van der Waals surface area contributed by atoms with E-state index in [0.29, 0.717) is 34.6 Å². The third-order valence-corrected chi connectivity index (χ3v) is 3.79. The second-order valence-corrected chi connectivity index (χ2v) is 5.41. The number of ether oxygens (including phenoxy) is 2. The summed E-state index contributed by atoms with van der Waals surface area (Å²) in [6.45, 7) is 3.72. The van der Waals surface area contributed by atoms with E-state index in [1.165, 1.54) is 24.3 Å². The molecular weight excluding hydrogens is 311 g/mol. The number of halogens is 1. The molecule has 0 atom stereocenters. The van der Waals surface area contributed by atoms with Gasteiger partial charge in [0.05, 0.1) is 12.5 Å². The zero-order valence-electron chi connectivity index (χ0n) is 13.7. The van der Waals surface area contributed by atoms with Gasteiger partial charge in [-0.25, -0.2) is 4.39 Å². The Morgan fingerprint density at radius 2 is 1.88 bits per heavy atom. The highest BCUT2D eigenvalue weighted by molar-refractivity contribution is 5.81. The van der Waals surface area contributed by atoms with E-state index in [-0.39, 0.29) is 17.0 Å². The van der Waals surface area contributed by atoms with Crippen molar-refractivity contribution in [2.45, 2.75) is 20.3 Å². The number of benzene rings is 2. The van der Waals surface area contributed by atoms with Crippen molar-refractivity contribution in [3.8, 4) is 17.2 Å². The SMILES string of the molecule is CCc1oc2cc(OC)c(C)cc2c(=O)c1Oc1ccc(F)cc1. The average Bonchev–Trinajstić information content (AvgIpc) is 2.59. The lowest BCUT2D eigenvalue weighted by molar-refractivity contribution is 0.408. The third kappa shape index (κ3) is 2.85. The van der Waals surface area contributed by atoms with Crippen LogP contribution in [0.15, 0.2) is 45.6 Å². The summed E-state index contributed by atoms with van der Waals surface area (Å²) < 4.78 is 29.8. The molecule has 0 N–H and O–H groups in total. The average molecular weight is 328 g/mol. The molecule has 124 valence electrons. The number of hydrogen-bond donors (Lipinski definition) is 0. The van der Waals surface area contributed by atoms with Gasteiger partial charge in [0.1, 0.15) is 22.9 Å². The first-order valence-electron chi connectivity index (χ1n) is 7.61. The van der Waals surface area contributed by atoms with Gasteiger partial charge in [-0.3, -0.25) is 4.79 Å². The van der Waals surface area contributed by atoms with Crippen molar-refractivity contribution in [2.75, 3.05) is 7.11 Å². The summed E-state index contributed by atoms with van der Waals surface area (Å²) in [5.41, 5.74) is 1.02. The van der Waals surface area contributed by atoms with E-state index in [0.717, 1.165) is 5.56 Å². The zero-order chi connectivity index (χ0) is 17.3. The maximum atomic E-state index is 13.0. The minimum Gasteiger partial charge on any atom is -0.496 e. The molecular formula is C19H17FO4. The highest BCUT2D eigenvalue weighted by atomic mass is 19.1. The van der Waals surface area contributed by atoms with Crippen molar-refractivity contribution in [1.29, 1.82) is 0 Å². The van der Waals surface area contributed by atoms with E-state index in [1.54, 1.807) is 19.2 Å². The van der Waals surface area contributed by atoms with Gasteiger partial charge in [-0.1, -0.05) is 6.92 Å². The third-order valence-electron chi connectivity index (χ3n) is 3.79. The molecule has 2 aromatic carbocycles. The second-order valence-electron chi connectivity index (χ2n) is 5.41. The monoisotopic (exact) mass is 328 g/mol. The Bertz CT molecular complexity index is 942. The zero-order valence-corrected chi connectivity index (χ0v) is 13.7. The van der Waals surface area contributed by atoms with Crippen LogP contribution in [0.25, 0.3) is 11.0 Å². The Labute approximate surface area is 138 Å². The highest BCUT2D eigenvalue weighted by Gasteiger charge is 2.17. The molecule has 0 bridgehead atoms. The van der Waals surface area contributed by atoms with Gasteiger partial charge >= 0.3 is 0 Å². The van der Waals surface area contributed by atoms with Crippen LogP contribution in [0.2, 0.25) is 0 Å². The largest absolute Gasteiger partial charge is 0.496 e. The normalized spacial score (nSPS) is 10.8. The van der Waals surface area contributed by atoms with Crippen LogP contribution >= 0.6 is 0 Å².